The monoisotopic (exact) mass is 450 g/mol. The number of Topliss-reactive ketones (excluding diaryl/α,β-unsaturated/α-hetero) is 1. The highest BCUT2D eigenvalue weighted by Gasteiger charge is 2.32. The highest BCUT2D eigenvalue weighted by atomic mass is 16.2. The molecular formula is C24H46N6O2. The number of hydrogen-bond acceptors (Lipinski definition) is 6. The Morgan fingerprint density at radius 2 is 1.59 bits per heavy atom. The molecule has 1 heterocycles. The summed E-state index contributed by atoms with van der Waals surface area (Å²) in [5, 5.41) is 16.6. The number of rotatable bonds is 9. The summed E-state index contributed by atoms with van der Waals surface area (Å²) in [6, 6.07) is 0.332. The van der Waals surface area contributed by atoms with Crippen molar-refractivity contribution >= 4 is 11.8 Å². The maximum absolute atomic E-state index is 12.8. The molecule has 5 N–H and O–H groups in total. The summed E-state index contributed by atoms with van der Waals surface area (Å²) in [6.45, 7) is 4.16. The van der Waals surface area contributed by atoms with Crippen molar-refractivity contribution in [3.8, 4) is 0 Å². The molecule has 1 aliphatic heterocycles. The first-order valence-electron chi connectivity index (χ1n) is 12.9. The van der Waals surface area contributed by atoms with Crippen LogP contribution in [-0.4, -0.2) is 68.4 Å². The number of hydrogen-bond donors (Lipinski definition) is 5. The third kappa shape index (κ3) is 8.28. The Hall–Kier alpha value is -1.22. The van der Waals surface area contributed by atoms with Crippen molar-refractivity contribution in [2.75, 3.05) is 27.2 Å². The van der Waals surface area contributed by atoms with Crippen molar-refractivity contribution in [2.24, 2.45) is 11.8 Å². The van der Waals surface area contributed by atoms with E-state index in [9.17, 15) is 9.59 Å². The van der Waals surface area contributed by atoms with Crippen LogP contribution in [-0.2, 0) is 4.79 Å². The normalized spacial score (nSPS) is 31.9. The summed E-state index contributed by atoms with van der Waals surface area (Å²) in [4.78, 5) is 27.6. The third-order valence-corrected chi connectivity index (χ3v) is 7.33. The number of ketones is 1. The van der Waals surface area contributed by atoms with Crippen LogP contribution in [0.25, 0.3) is 0 Å². The van der Waals surface area contributed by atoms with E-state index < -0.39 is 0 Å². The van der Waals surface area contributed by atoms with Crippen LogP contribution >= 0.6 is 0 Å². The molecule has 0 bridgehead atoms. The number of carbonyl (C=O) groups is 2. The Bertz CT molecular complexity index is 587. The first kappa shape index (κ1) is 25.4. The number of nitrogens with zero attached hydrogens (tertiary/aromatic N) is 1. The first-order valence-corrected chi connectivity index (χ1v) is 12.9. The third-order valence-electron chi connectivity index (χ3n) is 7.33. The molecule has 8 heteroatoms. The maximum atomic E-state index is 12.8. The highest BCUT2D eigenvalue weighted by Crippen LogP contribution is 2.32. The molecule has 3 fully saturated rings. The van der Waals surface area contributed by atoms with Gasteiger partial charge in [0, 0.05) is 23.9 Å². The molecule has 184 valence electrons. The predicted molar refractivity (Wildman–Crippen MR) is 128 cm³/mol. The van der Waals surface area contributed by atoms with Gasteiger partial charge >= 0.3 is 6.03 Å². The van der Waals surface area contributed by atoms with Crippen LogP contribution in [0.5, 0.6) is 0 Å². The lowest BCUT2D eigenvalue weighted by molar-refractivity contribution is -0.128. The molecule has 3 rings (SSSR count). The zero-order chi connectivity index (χ0) is 22.9. The van der Waals surface area contributed by atoms with Crippen LogP contribution in [0.3, 0.4) is 0 Å². The zero-order valence-corrected chi connectivity index (χ0v) is 20.4. The Morgan fingerprint density at radius 1 is 0.906 bits per heavy atom. The largest absolute Gasteiger partial charge is 0.335 e. The number of urea groups is 1. The highest BCUT2D eigenvalue weighted by molar-refractivity contribution is 5.83. The first-order chi connectivity index (χ1) is 15.4. The van der Waals surface area contributed by atoms with Gasteiger partial charge in [0.15, 0.2) is 0 Å². The van der Waals surface area contributed by atoms with Gasteiger partial charge in [-0.2, -0.15) is 0 Å². The van der Waals surface area contributed by atoms with Crippen LogP contribution in [0.1, 0.15) is 77.6 Å². The molecule has 3 unspecified atom stereocenters. The minimum atomic E-state index is -0.255. The Morgan fingerprint density at radius 3 is 2.28 bits per heavy atom. The smallest absolute Gasteiger partial charge is 0.317 e. The Kier molecular flexibility index (Phi) is 10.2. The van der Waals surface area contributed by atoms with E-state index in [0.29, 0.717) is 17.7 Å². The quantitative estimate of drug-likeness (QED) is 0.345. The maximum Gasteiger partial charge on any atom is 0.317 e. The lowest BCUT2D eigenvalue weighted by Crippen LogP contribution is -2.68. The van der Waals surface area contributed by atoms with Gasteiger partial charge in [-0.3, -0.25) is 15.4 Å². The topological polar surface area (TPSA) is 97.5 Å². The van der Waals surface area contributed by atoms with E-state index in [1.165, 1.54) is 19.3 Å². The van der Waals surface area contributed by atoms with E-state index in [0.717, 1.165) is 64.5 Å². The lowest BCUT2D eigenvalue weighted by Gasteiger charge is -2.37. The summed E-state index contributed by atoms with van der Waals surface area (Å²) in [7, 11) is 4.18. The van der Waals surface area contributed by atoms with Gasteiger partial charge in [-0.15, -0.1) is 0 Å². The standard InChI is InChI=1S/C24H46N6O2/c1-17-16-21(25-14-7-15-30(2)3)28-23(26-17)29-24(32)27-20-12-10-19(11-13-20)22(31)18-8-5-4-6-9-18/h17-21,23,25-26,28H,4-16H2,1-3H3,(H2,27,29,32). The van der Waals surface area contributed by atoms with Crippen LogP contribution in [0.2, 0.25) is 0 Å². The van der Waals surface area contributed by atoms with E-state index in [1.54, 1.807) is 0 Å². The van der Waals surface area contributed by atoms with Gasteiger partial charge in [0.25, 0.3) is 0 Å². The van der Waals surface area contributed by atoms with Gasteiger partial charge in [-0.25, -0.2) is 4.79 Å². The molecular weight excluding hydrogens is 404 g/mol. The molecule has 0 aromatic heterocycles. The summed E-state index contributed by atoms with van der Waals surface area (Å²) in [5.74, 6) is 1.01. The van der Waals surface area contributed by atoms with Gasteiger partial charge in [0.05, 0.1) is 6.17 Å². The van der Waals surface area contributed by atoms with Crippen molar-refractivity contribution in [3.63, 3.8) is 0 Å². The molecule has 2 saturated carbocycles. The van der Waals surface area contributed by atoms with Crippen molar-refractivity contribution in [3.05, 3.63) is 0 Å². The second kappa shape index (κ2) is 12.9. The average Bonchev–Trinajstić information content (AvgIpc) is 2.77. The van der Waals surface area contributed by atoms with Crippen molar-refractivity contribution < 1.29 is 9.59 Å². The molecule has 2 aliphatic carbocycles. The van der Waals surface area contributed by atoms with E-state index >= 15 is 0 Å². The van der Waals surface area contributed by atoms with Crippen molar-refractivity contribution in [1.82, 2.24) is 31.5 Å². The number of amides is 2. The Balaban J connectivity index is 1.34. The van der Waals surface area contributed by atoms with Gasteiger partial charge in [0.2, 0.25) is 0 Å². The molecule has 1 saturated heterocycles. The number of nitrogens with one attached hydrogen (secondary N) is 5. The minimum Gasteiger partial charge on any atom is -0.335 e. The molecule has 0 aromatic rings. The van der Waals surface area contributed by atoms with Gasteiger partial charge in [0.1, 0.15) is 12.1 Å². The average molecular weight is 451 g/mol. The lowest BCUT2D eigenvalue weighted by atomic mass is 9.75. The fourth-order valence-corrected chi connectivity index (χ4v) is 5.52. The summed E-state index contributed by atoms with van der Waals surface area (Å²) in [5.41, 5.74) is 0. The minimum absolute atomic E-state index is 0.141. The molecule has 0 radical (unpaired) electrons. The van der Waals surface area contributed by atoms with Crippen LogP contribution in [0.4, 0.5) is 4.79 Å². The van der Waals surface area contributed by atoms with Crippen LogP contribution < -0.4 is 26.6 Å². The second-order valence-corrected chi connectivity index (χ2v) is 10.5. The molecule has 8 nitrogen and oxygen atoms in total. The van der Waals surface area contributed by atoms with E-state index in [-0.39, 0.29) is 30.4 Å². The molecule has 0 spiro atoms. The molecule has 0 aromatic carbocycles. The SMILES string of the molecule is CC1CC(NCCCN(C)C)NC(NC(=O)NC2CCC(C(=O)C3CCCCC3)CC2)N1. The fraction of sp³-hybridized carbons (Fsp3) is 0.917. The molecule has 2 amide bonds. The van der Waals surface area contributed by atoms with Crippen molar-refractivity contribution in [1.29, 1.82) is 0 Å². The van der Waals surface area contributed by atoms with E-state index in [2.05, 4.69) is 52.5 Å². The summed E-state index contributed by atoms with van der Waals surface area (Å²) < 4.78 is 0. The van der Waals surface area contributed by atoms with E-state index in [4.69, 9.17) is 0 Å². The second-order valence-electron chi connectivity index (χ2n) is 10.5. The fourth-order valence-electron chi connectivity index (χ4n) is 5.52. The van der Waals surface area contributed by atoms with Crippen LogP contribution in [0, 0.1) is 11.8 Å². The zero-order valence-electron chi connectivity index (χ0n) is 20.4. The predicted octanol–water partition coefficient (Wildman–Crippen LogP) is 2.12. The number of carbonyl (C=O) groups excluding carboxylic acids is 2. The van der Waals surface area contributed by atoms with Gasteiger partial charge in [-0.1, -0.05) is 19.3 Å². The molecule has 3 atom stereocenters. The molecule has 32 heavy (non-hydrogen) atoms. The van der Waals surface area contributed by atoms with Crippen molar-refractivity contribution in [2.45, 2.75) is 102 Å². The van der Waals surface area contributed by atoms with E-state index in [1.807, 2.05) is 0 Å². The molecule has 3 aliphatic rings. The summed E-state index contributed by atoms with van der Waals surface area (Å²) in [6.07, 6.45) is 11.5. The van der Waals surface area contributed by atoms with Crippen LogP contribution in [0.15, 0.2) is 0 Å². The van der Waals surface area contributed by atoms with Gasteiger partial charge in [-0.05, 0) is 85.5 Å². The summed E-state index contributed by atoms with van der Waals surface area (Å²) >= 11 is 0. The Labute approximate surface area is 194 Å². The van der Waals surface area contributed by atoms with Gasteiger partial charge < -0.3 is 20.9 Å².